The molecule has 3 nitrogen and oxygen atoms in total. The minimum atomic E-state index is 0. The molecule has 0 spiro atoms. The normalized spacial score (nSPS) is 6.75. The van der Waals surface area contributed by atoms with Gasteiger partial charge in [0.25, 0.3) is 0 Å². The van der Waals surface area contributed by atoms with Crippen molar-refractivity contribution in [2.24, 2.45) is 0 Å². The van der Waals surface area contributed by atoms with Crippen LogP contribution >= 0.6 is 0 Å². The van der Waals surface area contributed by atoms with E-state index in [0.29, 0.717) is 19.8 Å². The molecule has 12 heavy (non-hydrogen) atoms. The van der Waals surface area contributed by atoms with E-state index in [1.165, 1.54) is 0 Å². The molecule has 72 valence electrons. The van der Waals surface area contributed by atoms with Crippen molar-refractivity contribution in [3.63, 3.8) is 0 Å². The van der Waals surface area contributed by atoms with Crippen molar-refractivity contribution in [1.82, 2.24) is 5.32 Å². The second-order valence-electron chi connectivity index (χ2n) is 1.49. The first kappa shape index (κ1) is 23.4. The summed E-state index contributed by atoms with van der Waals surface area (Å²) in [7, 11) is 0. The molecule has 1 N–H and O–H groups in total. The van der Waals surface area contributed by atoms with Crippen LogP contribution in [0.15, 0.2) is 0 Å². The minimum absolute atomic E-state index is 0. The molecule has 0 fully saturated rings. The fourth-order valence-electron chi connectivity index (χ4n) is 0.378. The van der Waals surface area contributed by atoms with Gasteiger partial charge in [-0.2, -0.15) is 12.8 Å². The maximum Gasteiger partial charge on any atom is 0.0612 e. The van der Waals surface area contributed by atoms with E-state index in [4.69, 9.17) is 4.74 Å². The van der Waals surface area contributed by atoms with Crippen LogP contribution in [0.2, 0.25) is 0 Å². The van der Waals surface area contributed by atoms with Crippen molar-refractivity contribution in [2.45, 2.75) is 6.42 Å². The Morgan fingerprint density at radius 2 is 1.83 bits per heavy atom. The molecule has 0 saturated carbocycles. The third-order valence-electron chi connectivity index (χ3n) is 0.732. The number of ether oxygens (including phenoxy) is 1. The standard InChI is InChI=1S/C6H11NO2.3W/c1-2-4-9-5-3-7-6-8;;;/h1-5H2,(H,7,8);;;/q-2;;;. The van der Waals surface area contributed by atoms with Crippen LogP contribution in [0.25, 0.3) is 0 Å². The molecule has 0 heterocycles. The van der Waals surface area contributed by atoms with Crippen LogP contribution in [-0.4, -0.2) is 26.2 Å². The molecule has 0 aliphatic carbocycles. The van der Waals surface area contributed by atoms with E-state index in [0.717, 1.165) is 6.42 Å². The summed E-state index contributed by atoms with van der Waals surface area (Å²) in [6.07, 6.45) is 2.32. The maximum absolute atomic E-state index is 9.53. The second-order valence-corrected chi connectivity index (χ2v) is 1.49. The molecule has 0 aliphatic rings. The van der Waals surface area contributed by atoms with Crippen LogP contribution in [0.3, 0.4) is 0 Å². The monoisotopic (exact) mass is 681 g/mol. The first-order valence-corrected chi connectivity index (χ1v) is 2.89. The Bertz CT molecular complexity index is 75.8. The minimum Gasteiger partial charge on any atom is -0.528 e. The first-order chi connectivity index (χ1) is 4.41. The molecule has 0 aromatic heterocycles. The molecule has 0 unspecified atom stereocenters. The molecule has 0 aromatic carbocycles. The largest absolute Gasteiger partial charge is 0.528 e. The van der Waals surface area contributed by atoms with Crippen LogP contribution in [0.5, 0.6) is 0 Å². The number of nitrogens with one attached hydrogen (secondary N) is 1. The van der Waals surface area contributed by atoms with Gasteiger partial charge in [-0.25, -0.2) is 0 Å². The summed E-state index contributed by atoms with van der Waals surface area (Å²) in [5.74, 6) is 0. The van der Waals surface area contributed by atoms with Gasteiger partial charge in [0.2, 0.25) is 0 Å². The van der Waals surface area contributed by atoms with Crippen molar-refractivity contribution in [3.8, 4) is 0 Å². The summed E-state index contributed by atoms with van der Waals surface area (Å²) < 4.78 is 4.98. The fourth-order valence-corrected chi connectivity index (χ4v) is 0.378. The first-order valence-electron chi connectivity index (χ1n) is 2.89. The third kappa shape index (κ3) is 22.5. The quantitative estimate of drug-likeness (QED) is 0.242. The van der Waals surface area contributed by atoms with Crippen molar-refractivity contribution in [2.75, 3.05) is 19.8 Å². The van der Waals surface area contributed by atoms with Gasteiger partial charge in [0.15, 0.2) is 0 Å². The zero-order valence-corrected chi connectivity index (χ0v) is 15.4. The maximum atomic E-state index is 9.53. The summed E-state index contributed by atoms with van der Waals surface area (Å²) in [5.41, 5.74) is 0. The van der Waals surface area contributed by atoms with Crippen LogP contribution in [0.4, 0.5) is 0 Å². The van der Waals surface area contributed by atoms with Gasteiger partial charge in [0, 0.05) is 76.3 Å². The molecule has 0 bridgehead atoms. The van der Waals surface area contributed by atoms with E-state index in [1.54, 1.807) is 6.41 Å². The van der Waals surface area contributed by atoms with Gasteiger partial charge >= 0.3 is 0 Å². The van der Waals surface area contributed by atoms with E-state index < -0.39 is 0 Å². The Morgan fingerprint density at radius 3 is 2.25 bits per heavy atom. The van der Waals surface area contributed by atoms with Gasteiger partial charge in [-0.05, 0) is 0 Å². The van der Waals surface area contributed by atoms with E-state index >= 15 is 0 Å². The van der Waals surface area contributed by atoms with Crippen LogP contribution in [0.1, 0.15) is 6.42 Å². The molecule has 0 atom stereocenters. The predicted octanol–water partition coefficient (Wildman–Crippen LogP) is -0.124. The number of rotatable bonds is 6. The zero-order valence-electron chi connectivity index (χ0n) is 6.58. The Morgan fingerprint density at radius 1 is 1.25 bits per heavy atom. The van der Waals surface area contributed by atoms with E-state index in [1.807, 2.05) is 0 Å². The average molecular weight is 681 g/mol. The molecular formula is C6H11NO2W3-2. The topological polar surface area (TPSA) is 38.3 Å². The second kappa shape index (κ2) is 22.9. The Balaban J connectivity index is -0.000000107. The SMILES string of the molecule is [CH2-]CCOCCN[C-]=O.[W].[W].[W]. The molecule has 0 saturated heterocycles. The van der Waals surface area contributed by atoms with Gasteiger partial charge in [0.1, 0.15) is 0 Å². The summed E-state index contributed by atoms with van der Waals surface area (Å²) in [6, 6.07) is 0. The van der Waals surface area contributed by atoms with Crippen molar-refractivity contribution < 1.29 is 72.7 Å². The van der Waals surface area contributed by atoms with Crippen molar-refractivity contribution in [3.05, 3.63) is 6.92 Å². The zero-order chi connectivity index (χ0) is 6.95. The molecule has 0 radical (unpaired) electrons. The Hall–Kier alpha value is 1.49. The summed E-state index contributed by atoms with van der Waals surface area (Å²) in [4.78, 5) is 9.53. The molecule has 1 amide bonds. The van der Waals surface area contributed by atoms with Crippen molar-refractivity contribution >= 4 is 6.41 Å². The van der Waals surface area contributed by atoms with Crippen LogP contribution in [-0.2, 0) is 72.7 Å². The van der Waals surface area contributed by atoms with E-state index in [9.17, 15) is 4.79 Å². The smallest absolute Gasteiger partial charge is 0.0612 e. The molecular weight excluding hydrogens is 670 g/mol. The Labute approximate surface area is 117 Å². The van der Waals surface area contributed by atoms with Crippen molar-refractivity contribution in [1.29, 1.82) is 0 Å². The van der Waals surface area contributed by atoms with Crippen LogP contribution in [0, 0.1) is 6.92 Å². The van der Waals surface area contributed by atoms with Gasteiger partial charge in [-0.3, -0.25) is 0 Å². The van der Waals surface area contributed by atoms with Gasteiger partial charge in [-0.15, -0.1) is 0 Å². The number of hydrogen-bond donors (Lipinski definition) is 1. The molecule has 6 heteroatoms. The predicted molar refractivity (Wildman–Crippen MR) is 34.5 cm³/mol. The van der Waals surface area contributed by atoms with E-state index in [-0.39, 0.29) is 63.2 Å². The number of amides is 1. The van der Waals surface area contributed by atoms with E-state index in [2.05, 4.69) is 12.2 Å². The summed E-state index contributed by atoms with van der Waals surface area (Å²) >= 11 is 0. The third-order valence-corrected chi connectivity index (χ3v) is 0.732. The number of carbonyl (C=O) groups excluding carboxylic acids is 1. The average Bonchev–Trinajstić information content (AvgIpc) is 1.89. The van der Waals surface area contributed by atoms with Gasteiger partial charge < -0.3 is 21.8 Å². The summed E-state index contributed by atoms with van der Waals surface area (Å²) in [5, 5.41) is 2.36. The molecule has 0 rings (SSSR count). The van der Waals surface area contributed by atoms with Gasteiger partial charge in [-0.1, -0.05) is 0 Å². The molecule has 0 aliphatic heterocycles. The number of hydrogen-bond acceptors (Lipinski definition) is 2. The molecule has 0 aromatic rings. The van der Waals surface area contributed by atoms with Gasteiger partial charge in [0.05, 0.1) is 6.61 Å². The fraction of sp³-hybridized carbons (Fsp3) is 0.667. The van der Waals surface area contributed by atoms with Crippen LogP contribution < -0.4 is 5.32 Å². The summed E-state index contributed by atoms with van der Waals surface area (Å²) in [6.45, 7) is 5.31. The Kier molecular flexibility index (Phi) is 44.6.